The molecule has 0 bridgehead atoms. The van der Waals surface area contributed by atoms with Gasteiger partial charge in [0, 0.05) is 23.2 Å². The fourth-order valence-electron chi connectivity index (χ4n) is 3.38. The number of nitrogens with one attached hydrogen (secondary N) is 1. The molecule has 0 amide bonds. The van der Waals surface area contributed by atoms with Gasteiger partial charge in [-0.15, -0.1) is 0 Å². The van der Waals surface area contributed by atoms with Crippen molar-refractivity contribution in [3.05, 3.63) is 71.9 Å². The van der Waals surface area contributed by atoms with E-state index in [4.69, 9.17) is 15.2 Å². The highest BCUT2D eigenvalue weighted by atomic mass is 19.1. The number of H-pyrrole nitrogens is 1. The van der Waals surface area contributed by atoms with Crippen molar-refractivity contribution in [2.24, 2.45) is 5.73 Å². The van der Waals surface area contributed by atoms with E-state index < -0.39 is 5.82 Å². The van der Waals surface area contributed by atoms with Crippen LogP contribution in [0.3, 0.4) is 0 Å². The highest BCUT2D eigenvalue weighted by Crippen LogP contribution is 2.27. The first kappa shape index (κ1) is 19.8. The summed E-state index contributed by atoms with van der Waals surface area (Å²) < 4.78 is 24.6. The molecule has 30 heavy (non-hydrogen) atoms. The second-order valence-electron chi connectivity index (χ2n) is 7.22. The van der Waals surface area contributed by atoms with Crippen LogP contribution in [0, 0.1) is 12.7 Å². The molecule has 0 aliphatic heterocycles. The largest absolute Gasteiger partial charge is 0.494 e. The number of aromatic nitrogens is 3. The molecule has 4 aromatic rings. The number of fused-ring (bicyclic) bond motifs is 1. The lowest BCUT2D eigenvalue weighted by Gasteiger charge is -2.14. The SMILES string of the molecule is COc1ccc(C[C@H](N)COc2cncc(-c3ccc4[nH]nc(C)c4c3)c2)cc1F. The molecule has 0 saturated carbocycles. The maximum absolute atomic E-state index is 13.8. The average molecular weight is 406 g/mol. The lowest BCUT2D eigenvalue weighted by Crippen LogP contribution is -2.30. The van der Waals surface area contributed by atoms with E-state index in [-0.39, 0.29) is 11.8 Å². The van der Waals surface area contributed by atoms with Gasteiger partial charge < -0.3 is 15.2 Å². The van der Waals surface area contributed by atoms with Crippen molar-refractivity contribution in [3.63, 3.8) is 0 Å². The molecule has 2 heterocycles. The Kier molecular flexibility index (Phi) is 5.63. The Hall–Kier alpha value is -3.45. The van der Waals surface area contributed by atoms with Crippen molar-refractivity contribution >= 4 is 10.9 Å². The molecule has 0 saturated heterocycles. The minimum atomic E-state index is -0.398. The number of methoxy groups -OCH3 is 1. The summed E-state index contributed by atoms with van der Waals surface area (Å²) in [6, 6.07) is 12.6. The first-order chi connectivity index (χ1) is 14.5. The molecule has 6 nitrogen and oxygen atoms in total. The van der Waals surface area contributed by atoms with Gasteiger partial charge in [0.25, 0.3) is 0 Å². The summed E-state index contributed by atoms with van der Waals surface area (Å²) in [6.45, 7) is 2.26. The maximum atomic E-state index is 13.8. The molecule has 2 aromatic carbocycles. The van der Waals surface area contributed by atoms with Crippen molar-refractivity contribution in [1.29, 1.82) is 0 Å². The molecular weight excluding hydrogens is 383 g/mol. The lowest BCUT2D eigenvalue weighted by molar-refractivity contribution is 0.286. The standard InChI is InChI=1S/C23H23FN4O2/c1-14-20-10-16(4-5-22(20)28-27-14)17-9-19(12-26-11-17)30-13-18(25)7-15-3-6-23(29-2)21(24)8-15/h3-6,8-12,18H,7,13,25H2,1-2H3,(H,27,28)/t18-/m0/s1. The van der Waals surface area contributed by atoms with Crippen molar-refractivity contribution < 1.29 is 13.9 Å². The van der Waals surface area contributed by atoms with E-state index in [0.29, 0.717) is 18.8 Å². The van der Waals surface area contributed by atoms with Crippen LogP contribution >= 0.6 is 0 Å². The Balaban J connectivity index is 1.42. The van der Waals surface area contributed by atoms with Gasteiger partial charge in [-0.05, 0) is 54.8 Å². The van der Waals surface area contributed by atoms with Crippen LogP contribution in [-0.2, 0) is 6.42 Å². The number of nitrogens with zero attached hydrogens (tertiary/aromatic N) is 2. The molecule has 0 fully saturated rings. The van der Waals surface area contributed by atoms with Crippen LogP contribution in [-0.4, -0.2) is 34.9 Å². The molecule has 0 radical (unpaired) electrons. The molecule has 1 atom stereocenters. The van der Waals surface area contributed by atoms with Crippen LogP contribution in [0.15, 0.2) is 54.9 Å². The molecule has 0 unspecified atom stereocenters. The topological polar surface area (TPSA) is 86.0 Å². The van der Waals surface area contributed by atoms with Gasteiger partial charge in [0.05, 0.1) is 24.5 Å². The third kappa shape index (κ3) is 4.26. The molecule has 4 rings (SSSR count). The smallest absolute Gasteiger partial charge is 0.165 e. The average Bonchev–Trinajstić information content (AvgIpc) is 3.13. The Morgan fingerprint density at radius 2 is 1.97 bits per heavy atom. The quantitative estimate of drug-likeness (QED) is 0.484. The van der Waals surface area contributed by atoms with Crippen LogP contribution in [0.4, 0.5) is 4.39 Å². The number of hydrogen-bond donors (Lipinski definition) is 2. The Morgan fingerprint density at radius 3 is 2.77 bits per heavy atom. The summed E-state index contributed by atoms with van der Waals surface area (Å²) >= 11 is 0. The Morgan fingerprint density at radius 1 is 1.10 bits per heavy atom. The number of aryl methyl sites for hydroxylation is 1. The molecule has 154 valence electrons. The van der Waals surface area contributed by atoms with E-state index in [0.717, 1.165) is 33.3 Å². The summed E-state index contributed by atoms with van der Waals surface area (Å²) in [4.78, 5) is 4.29. The van der Waals surface area contributed by atoms with Crippen molar-refractivity contribution in [3.8, 4) is 22.6 Å². The normalized spacial score (nSPS) is 12.1. The van der Waals surface area contributed by atoms with Crippen LogP contribution in [0.5, 0.6) is 11.5 Å². The number of aromatic amines is 1. The monoisotopic (exact) mass is 406 g/mol. The number of halogens is 1. The lowest BCUT2D eigenvalue weighted by atomic mass is 10.0. The maximum Gasteiger partial charge on any atom is 0.165 e. The number of nitrogens with two attached hydrogens (primary N) is 1. The van der Waals surface area contributed by atoms with E-state index in [1.54, 1.807) is 24.5 Å². The van der Waals surface area contributed by atoms with Crippen LogP contribution in [0.25, 0.3) is 22.0 Å². The fourth-order valence-corrected chi connectivity index (χ4v) is 3.38. The highest BCUT2D eigenvalue weighted by molar-refractivity contribution is 5.86. The first-order valence-electron chi connectivity index (χ1n) is 9.64. The molecular formula is C23H23FN4O2. The summed E-state index contributed by atoms with van der Waals surface area (Å²) in [5.41, 5.74) is 10.9. The second kappa shape index (κ2) is 8.51. The van der Waals surface area contributed by atoms with Gasteiger partial charge in [-0.1, -0.05) is 12.1 Å². The van der Waals surface area contributed by atoms with Crippen LogP contribution in [0.1, 0.15) is 11.3 Å². The van der Waals surface area contributed by atoms with Crippen molar-refractivity contribution in [1.82, 2.24) is 15.2 Å². The molecule has 0 spiro atoms. The first-order valence-corrected chi connectivity index (χ1v) is 9.64. The summed E-state index contributed by atoms with van der Waals surface area (Å²) in [7, 11) is 1.44. The molecule has 3 N–H and O–H groups in total. The van der Waals surface area contributed by atoms with E-state index in [9.17, 15) is 4.39 Å². The molecule has 0 aliphatic carbocycles. The van der Waals surface area contributed by atoms with Gasteiger partial charge in [-0.2, -0.15) is 5.10 Å². The summed E-state index contributed by atoms with van der Waals surface area (Å²) in [6.07, 6.45) is 3.94. The van der Waals surface area contributed by atoms with Gasteiger partial charge in [0.1, 0.15) is 12.4 Å². The molecule has 7 heteroatoms. The third-order valence-corrected chi connectivity index (χ3v) is 4.98. The van der Waals surface area contributed by atoms with Crippen LogP contribution in [0.2, 0.25) is 0 Å². The Labute approximate surface area is 173 Å². The minimum Gasteiger partial charge on any atom is -0.494 e. The predicted octanol–water partition coefficient (Wildman–Crippen LogP) is 4.03. The summed E-state index contributed by atoms with van der Waals surface area (Å²) in [5.74, 6) is 0.452. The van der Waals surface area contributed by atoms with Gasteiger partial charge in [-0.3, -0.25) is 10.1 Å². The van der Waals surface area contributed by atoms with E-state index in [1.807, 2.05) is 25.1 Å². The van der Waals surface area contributed by atoms with E-state index in [2.05, 4.69) is 21.2 Å². The number of benzene rings is 2. The van der Waals surface area contributed by atoms with Crippen molar-refractivity contribution in [2.45, 2.75) is 19.4 Å². The van der Waals surface area contributed by atoms with Crippen LogP contribution < -0.4 is 15.2 Å². The zero-order valence-corrected chi connectivity index (χ0v) is 16.9. The zero-order chi connectivity index (χ0) is 21.1. The molecule has 0 aliphatic rings. The minimum absolute atomic E-state index is 0.218. The number of rotatable bonds is 7. The summed E-state index contributed by atoms with van der Waals surface area (Å²) in [5, 5.41) is 8.32. The number of ether oxygens (including phenoxy) is 2. The third-order valence-electron chi connectivity index (χ3n) is 4.98. The second-order valence-corrected chi connectivity index (χ2v) is 7.22. The zero-order valence-electron chi connectivity index (χ0n) is 16.9. The van der Waals surface area contributed by atoms with Gasteiger partial charge >= 0.3 is 0 Å². The highest BCUT2D eigenvalue weighted by Gasteiger charge is 2.10. The van der Waals surface area contributed by atoms with Gasteiger partial charge in [-0.25, -0.2) is 4.39 Å². The van der Waals surface area contributed by atoms with E-state index >= 15 is 0 Å². The molecule has 2 aromatic heterocycles. The van der Waals surface area contributed by atoms with Gasteiger partial charge in [0.2, 0.25) is 0 Å². The predicted molar refractivity (Wildman–Crippen MR) is 114 cm³/mol. The number of pyridine rings is 1. The Bertz CT molecular complexity index is 1180. The van der Waals surface area contributed by atoms with Crippen molar-refractivity contribution in [2.75, 3.05) is 13.7 Å². The van der Waals surface area contributed by atoms with E-state index in [1.165, 1.54) is 13.2 Å². The number of hydrogen-bond acceptors (Lipinski definition) is 5. The van der Waals surface area contributed by atoms with Gasteiger partial charge in [0.15, 0.2) is 11.6 Å². The fraction of sp³-hybridized carbons (Fsp3) is 0.217.